The summed E-state index contributed by atoms with van der Waals surface area (Å²) in [4.78, 5) is 43.6. The van der Waals surface area contributed by atoms with Crippen LogP contribution in [-0.4, -0.2) is 23.6 Å². The molecule has 0 saturated heterocycles. The predicted molar refractivity (Wildman–Crippen MR) is 45.7 cm³/mol. The standard InChI is InChI=1S/C9H4N2O4/c12-6-2-4(8(14)10-6)1-5-3-7(13)11-9(5)15/h2-3H,(H,10,12,14)(H,11,13,15). The molecule has 15 heavy (non-hydrogen) atoms. The second-order valence-electron chi connectivity index (χ2n) is 2.88. The Morgan fingerprint density at radius 1 is 0.800 bits per heavy atom. The van der Waals surface area contributed by atoms with Gasteiger partial charge in [-0.15, -0.1) is 0 Å². The van der Waals surface area contributed by atoms with E-state index in [9.17, 15) is 19.2 Å². The van der Waals surface area contributed by atoms with E-state index in [1.54, 1.807) is 0 Å². The summed E-state index contributed by atoms with van der Waals surface area (Å²) < 4.78 is 0. The second kappa shape index (κ2) is 3.16. The molecule has 2 aliphatic heterocycles. The lowest BCUT2D eigenvalue weighted by Gasteiger charge is -1.97. The van der Waals surface area contributed by atoms with Gasteiger partial charge in [-0.05, 0) is 0 Å². The molecule has 2 N–H and O–H groups in total. The molecule has 6 nitrogen and oxygen atoms in total. The fraction of sp³-hybridized carbons (Fsp3) is 0. The van der Waals surface area contributed by atoms with Crippen molar-refractivity contribution in [1.29, 1.82) is 0 Å². The molecule has 0 fully saturated rings. The van der Waals surface area contributed by atoms with Gasteiger partial charge in [0, 0.05) is 23.3 Å². The molecule has 0 spiro atoms. The van der Waals surface area contributed by atoms with E-state index in [1.807, 2.05) is 10.6 Å². The van der Waals surface area contributed by atoms with Crippen molar-refractivity contribution in [3.05, 3.63) is 29.7 Å². The van der Waals surface area contributed by atoms with Crippen LogP contribution in [0.2, 0.25) is 0 Å². The van der Waals surface area contributed by atoms with Gasteiger partial charge >= 0.3 is 0 Å². The normalized spacial score (nSPS) is 20.0. The highest BCUT2D eigenvalue weighted by Gasteiger charge is 2.27. The summed E-state index contributed by atoms with van der Waals surface area (Å²) in [5.74, 6) is -2.39. The van der Waals surface area contributed by atoms with Crippen LogP contribution < -0.4 is 10.6 Å². The Labute approximate surface area is 84.0 Å². The molecule has 6 heteroatoms. The summed E-state index contributed by atoms with van der Waals surface area (Å²) in [6.45, 7) is 0. The minimum Gasteiger partial charge on any atom is -0.289 e. The number of carbonyl (C=O) groups is 4. The Balaban J connectivity index is 2.17. The van der Waals surface area contributed by atoms with Crippen molar-refractivity contribution in [2.75, 3.05) is 0 Å². The van der Waals surface area contributed by atoms with E-state index in [1.165, 1.54) is 0 Å². The zero-order valence-electron chi connectivity index (χ0n) is 7.29. The average molecular weight is 204 g/mol. The predicted octanol–water partition coefficient (Wildman–Crippen LogP) is -1.77. The molecule has 0 aromatic carbocycles. The lowest BCUT2D eigenvalue weighted by molar-refractivity contribution is -0.125. The van der Waals surface area contributed by atoms with Crippen LogP contribution in [0.25, 0.3) is 0 Å². The van der Waals surface area contributed by atoms with E-state index in [0.717, 1.165) is 12.2 Å². The first kappa shape index (κ1) is 9.32. The lowest BCUT2D eigenvalue weighted by atomic mass is 10.1. The van der Waals surface area contributed by atoms with Gasteiger partial charge in [0.25, 0.3) is 23.6 Å². The molecule has 0 aromatic heterocycles. The first-order valence-corrected chi connectivity index (χ1v) is 3.97. The molecule has 2 rings (SSSR count). The zero-order chi connectivity index (χ0) is 11.0. The van der Waals surface area contributed by atoms with E-state index in [-0.39, 0.29) is 11.1 Å². The van der Waals surface area contributed by atoms with Gasteiger partial charge in [-0.2, -0.15) is 0 Å². The van der Waals surface area contributed by atoms with Crippen LogP contribution in [0.4, 0.5) is 0 Å². The number of hydrogen-bond donors (Lipinski definition) is 2. The van der Waals surface area contributed by atoms with E-state index in [0.29, 0.717) is 0 Å². The summed E-state index contributed by atoms with van der Waals surface area (Å²) in [7, 11) is 0. The number of nitrogens with one attached hydrogen (secondary N) is 2. The Bertz CT molecular complexity index is 417. The maximum atomic E-state index is 11.1. The lowest BCUT2D eigenvalue weighted by Crippen LogP contribution is -2.24. The summed E-state index contributed by atoms with van der Waals surface area (Å²) in [5, 5.41) is 3.98. The summed E-state index contributed by atoms with van der Waals surface area (Å²) in [6.07, 6.45) is 4.42. The average Bonchev–Trinajstić information content (AvgIpc) is 2.58. The van der Waals surface area contributed by atoms with Crippen molar-refractivity contribution >= 4 is 23.6 Å². The first-order valence-electron chi connectivity index (χ1n) is 3.97. The van der Waals surface area contributed by atoms with Gasteiger partial charge in [0.1, 0.15) is 0 Å². The van der Waals surface area contributed by atoms with Crippen LogP contribution >= 0.6 is 0 Å². The highest BCUT2D eigenvalue weighted by Crippen LogP contribution is 2.15. The Morgan fingerprint density at radius 2 is 1.20 bits per heavy atom. The molecule has 2 heterocycles. The van der Waals surface area contributed by atoms with E-state index in [2.05, 4.69) is 6.42 Å². The SMILES string of the molecule is O=C1C=C([C]C2=CC(=O)NC2=O)C(=O)N1. The molecule has 2 aliphatic rings. The van der Waals surface area contributed by atoms with Crippen molar-refractivity contribution in [1.82, 2.24) is 10.6 Å². The minimum absolute atomic E-state index is 0.0592. The number of carbonyl (C=O) groups excluding carboxylic acids is 4. The third kappa shape index (κ3) is 1.69. The quantitative estimate of drug-likeness (QED) is 0.521. The topological polar surface area (TPSA) is 92.3 Å². The third-order valence-electron chi connectivity index (χ3n) is 1.78. The molecule has 0 aromatic rings. The van der Waals surface area contributed by atoms with Crippen LogP contribution in [0, 0.1) is 6.42 Å². The molecule has 0 aliphatic carbocycles. The van der Waals surface area contributed by atoms with Gasteiger partial charge < -0.3 is 0 Å². The van der Waals surface area contributed by atoms with Crippen LogP contribution in [0.3, 0.4) is 0 Å². The summed E-state index contributed by atoms with van der Waals surface area (Å²) >= 11 is 0. The van der Waals surface area contributed by atoms with Crippen LogP contribution in [-0.2, 0) is 19.2 Å². The van der Waals surface area contributed by atoms with Gasteiger partial charge in [0.2, 0.25) is 0 Å². The molecule has 4 amide bonds. The van der Waals surface area contributed by atoms with E-state index < -0.39 is 23.6 Å². The molecule has 0 saturated carbocycles. The van der Waals surface area contributed by atoms with Crippen LogP contribution in [0.1, 0.15) is 0 Å². The molecule has 2 radical (unpaired) electrons. The van der Waals surface area contributed by atoms with Gasteiger partial charge in [-0.25, -0.2) is 0 Å². The number of hydrogen-bond acceptors (Lipinski definition) is 4. The first-order chi connectivity index (χ1) is 7.06. The monoisotopic (exact) mass is 204 g/mol. The maximum Gasteiger partial charge on any atom is 0.255 e. The van der Waals surface area contributed by atoms with E-state index in [4.69, 9.17) is 0 Å². The van der Waals surface area contributed by atoms with Gasteiger partial charge in [-0.3, -0.25) is 29.8 Å². The Morgan fingerprint density at radius 3 is 1.47 bits per heavy atom. The highest BCUT2D eigenvalue weighted by molar-refractivity contribution is 6.22. The minimum atomic E-state index is -0.631. The molecule has 0 unspecified atom stereocenters. The molecule has 0 atom stereocenters. The Hall–Kier alpha value is -2.24. The number of imide groups is 2. The zero-order valence-corrected chi connectivity index (χ0v) is 7.29. The molecule has 0 bridgehead atoms. The maximum absolute atomic E-state index is 11.1. The number of rotatable bonds is 2. The highest BCUT2D eigenvalue weighted by atomic mass is 16.2. The number of amides is 4. The van der Waals surface area contributed by atoms with Crippen LogP contribution in [0.15, 0.2) is 23.3 Å². The fourth-order valence-corrected chi connectivity index (χ4v) is 1.15. The smallest absolute Gasteiger partial charge is 0.255 e. The van der Waals surface area contributed by atoms with Gasteiger partial charge in [0.15, 0.2) is 0 Å². The fourth-order valence-electron chi connectivity index (χ4n) is 1.15. The largest absolute Gasteiger partial charge is 0.289 e. The van der Waals surface area contributed by atoms with Crippen molar-refractivity contribution in [3.63, 3.8) is 0 Å². The van der Waals surface area contributed by atoms with Crippen molar-refractivity contribution in [2.24, 2.45) is 0 Å². The summed E-state index contributed by atoms with van der Waals surface area (Å²) in [5.41, 5.74) is -0.118. The van der Waals surface area contributed by atoms with Gasteiger partial charge in [-0.1, -0.05) is 0 Å². The van der Waals surface area contributed by atoms with Crippen molar-refractivity contribution in [2.45, 2.75) is 0 Å². The summed E-state index contributed by atoms with van der Waals surface area (Å²) in [6, 6.07) is 0. The third-order valence-corrected chi connectivity index (χ3v) is 1.78. The van der Waals surface area contributed by atoms with Crippen molar-refractivity contribution in [3.8, 4) is 0 Å². The molecule has 74 valence electrons. The molecular formula is C9H4N2O4. The second-order valence-corrected chi connectivity index (χ2v) is 2.88. The van der Waals surface area contributed by atoms with Gasteiger partial charge in [0.05, 0.1) is 6.42 Å². The Kier molecular flexibility index (Phi) is 1.96. The van der Waals surface area contributed by atoms with E-state index >= 15 is 0 Å². The van der Waals surface area contributed by atoms with Crippen molar-refractivity contribution < 1.29 is 19.2 Å². The molecular weight excluding hydrogens is 200 g/mol. The van der Waals surface area contributed by atoms with Crippen LogP contribution in [0.5, 0.6) is 0 Å².